The number of hydrogen-bond donors (Lipinski definition) is 3. The molecule has 0 saturated carbocycles. The van der Waals surface area contributed by atoms with Crippen LogP contribution < -0.4 is 11.4 Å². The summed E-state index contributed by atoms with van der Waals surface area (Å²) in [7, 11) is 0. The maximum Gasteiger partial charge on any atom is 0.323 e. The van der Waals surface area contributed by atoms with Crippen molar-refractivity contribution in [3.8, 4) is 0 Å². The number of nitrogens with one attached hydrogen (secondary N) is 2. The predicted molar refractivity (Wildman–Crippen MR) is 66.4 cm³/mol. The van der Waals surface area contributed by atoms with Crippen LogP contribution >= 0.6 is 0 Å². The quantitative estimate of drug-likeness (QED) is 0.712. The van der Waals surface area contributed by atoms with Crippen molar-refractivity contribution < 1.29 is 9.47 Å². The van der Waals surface area contributed by atoms with E-state index in [0.29, 0.717) is 19.8 Å². The first-order chi connectivity index (χ1) is 8.74. The highest BCUT2D eigenvalue weighted by molar-refractivity contribution is 5.75. The number of aromatic amines is 2. The van der Waals surface area contributed by atoms with Crippen LogP contribution in [-0.2, 0) is 9.47 Å². The van der Waals surface area contributed by atoms with Crippen LogP contribution in [0.1, 0.15) is 11.6 Å². The molecule has 96 valence electrons. The molecule has 0 radical (unpaired) electrons. The molecule has 3 rings (SSSR count). The highest BCUT2D eigenvalue weighted by atomic mass is 16.6. The fourth-order valence-corrected chi connectivity index (χ4v) is 2.19. The van der Waals surface area contributed by atoms with E-state index < -0.39 is 0 Å². The number of H-pyrrole nitrogens is 2. The highest BCUT2D eigenvalue weighted by Crippen LogP contribution is 2.21. The zero-order valence-electron chi connectivity index (χ0n) is 9.81. The van der Waals surface area contributed by atoms with Gasteiger partial charge in [0, 0.05) is 0 Å². The summed E-state index contributed by atoms with van der Waals surface area (Å²) >= 11 is 0. The number of ether oxygens (including phenoxy) is 2. The normalized spacial score (nSPS) is 22.2. The average molecular weight is 249 g/mol. The van der Waals surface area contributed by atoms with Gasteiger partial charge in [0.1, 0.15) is 6.10 Å². The van der Waals surface area contributed by atoms with Gasteiger partial charge in [-0.25, -0.2) is 4.79 Å². The van der Waals surface area contributed by atoms with Crippen molar-refractivity contribution in [3.05, 3.63) is 34.2 Å². The Morgan fingerprint density at radius 2 is 2.11 bits per heavy atom. The van der Waals surface area contributed by atoms with Crippen LogP contribution in [0, 0.1) is 0 Å². The summed E-state index contributed by atoms with van der Waals surface area (Å²) < 4.78 is 10.9. The molecule has 0 spiro atoms. The Morgan fingerprint density at radius 1 is 1.28 bits per heavy atom. The van der Waals surface area contributed by atoms with Crippen LogP contribution in [0.25, 0.3) is 11.0 Å². The van der Waals surface area contributed by atoms with Crippen LogP contribution in [0.4, 0.5) is 0 Å². The number of aromatic nitrogens is 2. The molecular formula is C12H15N3O3. The van der Waals surface area contributed by atoms with E-state index in [1.54, 1.807) is 0 Å². The minimum atomic E-state index is -0.256. The SMILES string of the molecule is NC(c1ccc2[nH]c(=O)[nH]c2c1)C1COCCO1. The number of hydrogen-bond acceptors (Lipinski definition) is 4. The number of benzene rings is 1. The molecule has 1 aromatic carbocycles. The van der Waals surface area contributed by atoms with Crippen molar-refractivity contribution in [1.29, 1.82) is 0 Å². The number of imidazole rings is 1. The van der Waals surface area contributed by atoms with Crippen LogP contribution in [-0.4, -0.2) is 35.9 Å². The van der Waals surface area contributed by atoms with Crippen molar-refractivity contribution in [2.24, 2.45) is 5.73 Å². The molecule has 4 N–H and O–H groups in total. The molecular weight excluding hydrogens is 234 g/mol. The van der Waals surface area contributed by atoms with Gasteiger partial charge in [-0.2, -0.15) is 0 Å². The standard InChI is InChI=1S/C12H15N3O3/c13-11(10-6-17-3-4-18-10)7-1-2-8-9(5-7)15-12(16)14-8/h1-2,5,10-11H,3-4,6,13H2,(H2,14,15,16). The number of nitrogens with two attached hydrogens (primary N) is 1. The van der Waals surface area contributed by atoms with Gasteiger partial charge in [-0.3, -0.25) is 0 Å². The maximum absolute atomic E-state index is 11.2. The largest absolute Gasteiger partial charge is 0.376 e. The summed E-state index contributed by atoms with van der Waals surface area (Å²) in [5.41, 5.74) is 8.40. The second kappa shape index (κ2) is 4.56. The molecule has 1 aromatic heterocycles. The number of rotatable bonds is 2. The lowest BCUT2D eigenvalue weighted by Gasteiger charge is -2.28. The third kappa shape index (κ3) is 2.05. The predicted octanol–water partition coefficient (Wildman–Crippen LogP) is 0.271. The van der Waals surface area contributed by atoms with Gasteiger partial charge in [0.25, 0.3) is 0 Å². The summed E-state index contributed by atoms with van der Waals surface area (Å²) in [6.45, 7) is 1.69. The van der Waals surface area contributed by atoms with E-state index in [4.69, 9.17) is 15.2 Å². The zero-order chi connectivity index (χ0) is 12.5. The summed E-state index contributed by atoms with van der Waals surface area (Å²) in [6, 6.07) is 5.35. The maximum atomic E-state index is 11.2. The highest BCUT2D eigenvalue weighted by Gasteiger charge is 2.23. The van der Waals surface area contributed by atoms with Gasteiger partial charge in [-0.15, -0.1) is 0 Å². The fraction of sp³-hybridized carbons (Fsp3) is 0.417. The van der Waals surface area contributed by atoms with E-state index in [2.05, 4.69) is 9.97 Å². The van der Waals surface area contributed by atoms with Crippen molar-refractivity contribution in [2.45, 2.75) is 12.1 Å². The van der Waals surface area contributed by atoms with Gasteiger partial charge >= 0.3 is 5.69 Å². The van der Waals surface area contributed by atoms with Crippen LogP contribution in [0.3, 0.4) is 0 Å². The van der Waals surface area contributed by atoms with Crippen molar-refractivity contribution in [2.75, 3.05) is 19.8 Å². The van der Waals surface area contributed by atoms with E-state index in [1.165, 1.54) is 0 Å². The molecule has 1 aliphatic rings. The third-order valence-electron chi connectivity index (χ3n) is 3.17. The Morgan fingerprint density at radius 3 is 2.89 bits per heavy atom. The first-order valence-electron chi connectivity index (χ1n) is 5.91. The molecule has 1 saturated heterocycles. The Bertz CT molecular complexity index is 598. The van der Waals surface area contributed by atoms with Crippen molar-refractivity contribution in [3.63, 3.8) is 0 Å². The lowest BCUT2D eigenvalue weighted by atomic mass is 10.0. The van der Waals surface area contributed by atoms with Gasteiger partial charge in [0.15, 0.2) is 0 Å². The molecule has 6 nitrogen and oxygen atoms in total. The van der Waals surface area contributed by atoms with E-state index in [9.17, 15) is 4.79 Å². The van der Waals surface area contributed by atoms with Gasteiger partial charge in [0.05, 0.1) is 36.9 Å². The van der Waals surface area contributed by atoms with E-state index in [1.807, 2.05) is 18.2 Å². The minimum Gasteiger partial charge on any atom is -0.376 e. The van der Waals surface area contributed by atoms with Gasteiger partial charge < -0.3 is 25.2 Å². The lowest BCUT2D eigenvalue weighted by molar-refractivity contribution is -0.0975. The van der Waals surface area contributed by atoms with Crippen LogP contribution in [0.2, 0.25) is 0 Å². The number of fused-ring (bicyclic) bond motifs is 1. The summed E-state index contributed by atoms with van der Waals surface area (Å²) in [4.78, 5) is 16.6. The molecule has 2 atom stereocenters. The fourth-order valence-electron chi connectivity index (χ4n) is 2.19. The molecule has 0 aliphatic carbocycles. The van der Waals surface area contributed by atoms with Crippen LogP contribution in [0.5, 0.6) is 0 Å². The Kier molecular flexibility index (Phi) is 2.91. The molecule has 1 aliphatic heterocycles. The lowest BCUT2D eigenvalue weighted by Crippen LogP contribution is -2.37. The Balaban J connectivity index is 1.90. The monoisotopic (exact) mass is 249 g/mol. The Labute approximate surface area is 103 Å². The van der Waals surface area contributed by atoms with Crippen molar-refractivity contribution >= 4 is 11.0 Å². The average Bonchev–Trinajstić information content (AvgIpc) is 2.78. The topological polar surface area (TPSA) is 93.1 Å². The first-order valence-corrected chi connectivity index (χ1v) is 5.91. The first kappa shape index (κ1) is 11.5. The van der Waals surface area contributed by atoms with Crippen LogP contribution in [0.15, 0.2) is 23.0 Å². The zero-order valence-corrected chi connectivity index (χ0v) is 9.81. The molecule has 1 fully saturated rings. The smallest absolute Gasteiger partial charge is 0.323 e. The van der Waals surface area contributed by atoms with Gasteiger partial charge in [0.2, 0.25) is 0 Å². The van der Waals surface area contributed by atoms with E-state index in [-0.39, 0.29) is 17.8 Å². The Hall–Kier alpha value is -1.63. The third-order valence-corrected chi connectivity index (χ3v) is 3.17. The summed E-state index contributed by atoms with van der Waals surface area (Å²) in [6.07, 6.45) is -0.137. The molecule has 2 aromatic rings. The summed E-state index contributed by atoms with van der Waals surface area (Å²) in [5, 5.41) is 0. The second-order valence-electron chi connectivity index (χ2n) is 4.39. The molecule has 18 heavy (non-hydrogen) atoms. The van der Waals surface area contributed by atoms with E-state index >= 15 is 0 Å². The van der Waals surface area contributed by atoms with Gasteiger partial charge in [-0.05, 0) is 17.7 Å². The molecule has 2 unspecified atom stereocenters. The molecule has 6 heteroatoms. The minimum absolute atomic E-state index is 0.137. The van der Waals surface area contributed by atoms with E-state index in [0.717, 1.165) is 16.6 Å². The van der Waals surface area contributed by atoms with Crippen molar-refractivity contribution in [1.82, 2.24) is 9.97 Å². The summed E-state index contributed by atoms with van der Waals surface area (Å²) in [5.74, 6) is 0. The molecule has 2 heterocycles. The second-order valence-corrected chi connectivity index (χ2v) is 4.39. The van der Waals surface area contributed by atoms with Gasteiger partial charge in [-0.1, -0.05) is 6.07 Å². The molecule has 0 bridgehead atoms. The molecule has 0 amide bonds.